The molecule has 0 atom stereocenters. The summed E-state index contributed by atoms with van der Waals surface area (Å²) in [5.41, 5.74) is 1.13. The molecule has 0 saturated carbocycles. The molecule has 0 unspecified atom stereocenters. The van der Waals surface area contributed by atoms with Crippen molar-refractivity contribution in [2.24, 2.45) is 0 Å². The number of benzene rings is 2. The summed E-state index contributed by atoms with van der Waals surface area (Å²) in [5.74, 6) is 2.05. The van der Waals surface area contributed by atoms with Crippen LogP contribution in [0.25, 0.3) is 0 Å². The Balaban J connectivity index is 1.80. The molecule has 0 saturated heterocycles. The van der Waals surface area contributed by atoms with E-state index in [-0.39, 0.29) is 0 Å². The molecule has 0 bridgehead atoms. The van der Waals surface area contributed by atoms with Gasteiger partial charge in [0, 0.05) is 11.4 Å². The molecule has 0 N–H and O–H groups in total. The van der Waals surface area contributed by atoms with Crippen molar-refractivity contribution in [1.82, 2.24) is 0 Å². The van der Waals surface area contributed by atoms with Crippen LogP contribution in [-0.2, 0) is 6.42 Å². The molecule has 0 aliphatic carbocycles. The van der Waals surface area contributed by atoms with Gasteiger partial charge in [0.15, 0.2) is 11.5 Å². The largest absolute Gasteiger partial charge is 0.493 e. The molecule has 24 heavy (non-hydrogen) atoms. The first kappa shape index (κ1) is 18.5. The van der Waals surface area contributed by atoms with Crippen molar-refractivity contribution in [1.29, 1.82) is 0 Å². The van der Waals surface area contributed by atoms with Crippen LogP contribution in [0.15, 0.2) is 49.1 Å². The number of allylic oxidation sites excluding steroid dienone is 1. The third kappa shape index (κ3) is 5.36. The second-order valence-corrected chi connectivity index (χ2v) is 5.95. The average molecular weight is 367 g/mol. The number of halogens is 2. The van der Waals surface area contributed by atoms with Gasteiger partial charge in [0.2, 0.25) is 0 Å². The molecular weight excluding hydrogens is 347 g/mol. The topological polar surface area (TPSA) is 27.7 Å². The molecule has 0 aliphatic rings. The standard InChI is InChI=1S/C19H20Cl2O3/c1-3-5-14-6-8-18(19(12-14)22-2)24-11-4-10-23-17-9-7-15(20)13-16(17)21/h3,6-9,12-13H,1,4-5,10-11H2,2H3. The zero-order chi connectivity index (χ0) is 17.4. The quantitative estimate of drug-likeness (QED) is 0.428. The fraction of sp³-hybridized carbons (Fsp3) is 0.263. The van der Waals surface area contributed by atoms with Crippen molar-refractivity contribution in [2.75, 3.05) is 20.3 Å². The van der Waals surface area contributed by atoms with Gasteiger partial charge in [-0.3, -0.25) is 0 Å². The van der Waals surface area contributed by atoms with Crippen molar-refractivity contribution in [3.63, 3.8) is 0 Å². The lowest BCUT2D eigenvalue weighted by Gasteiger charge is -2.12. The maximum Gasteiger partial charge on any atom is 0.161 e. The molecule has 128 valence electrons. The molecular formula is C19H20Cl2O3. The highest BCUT2D eigenvalue weighted by atomic mass is 35.5. The monoisotopic (exact) mass is 366 g/mol. The van der Waals surface area contributed by atoms with Gasteiger partial charge in [0.05, 0.1) is 25.3 Å². The highest BCUT2D eigenvalue weighted by Gasteiger charge is 2.06. The Labute approximate surface area is 152 Å². The fourth-order valence-corrected chi connectivity index (χ4v) is 2.60. The Hall–Kier alpha value is -1.84. The van der Waals surface area contributed by atoms with E-state index < -0.39 is 0 Å². The zero-order valence-electron chi connectivity index (χ0n) is 13.6. The summed E-state index contributed by atoms with van der Waals surface area (Å²) in [5, 5.41) is 1.09. The van der Waals surface area contributed by atoms with Crippen molar-refractivity contribution < 1.29 is 14.2 Å². The molecule has 2 aromatic carbocycles. The van der Waals surface area contributed by atoms with E-state index in [1.807, 2.05) is 24.3 Å². The normalized spacial score (nSPS) is 10.3. The maximum atomic E-state index is 6.05. The summed E-state index contributed by atoms with van der Waals surface area (Å²) in [6, 6.07) is 11.0. The van der Waals surface area contributed by atoms with Gasteiger partial charge < -0.3 is 14.2 Å². The van der Waals surface area contributed by atoms with Crippen LogP contribution in [0, 0.1) is 0 Å². The minimum Gasteiger partial charge on any atom is -0.493 e. The maximum absolute atomic E-state index is 6.05. The Bertz CT molecular complexity index is 686. The van der Waals surface area contributed by atoms with Crippen LogP contribution in [0.3, 0.4) is 0 Å². The lowest BCUT2D eigenvalue weighted by Crippen LogP contribution is -2.06. The van der Waals surface area contributed by atoms with E-state index in [4.69, 9.17) is 37.4 Å². The molecule has 3 nitrogen and oxygen atoms in total. The van der Waals surface area contributed by atoms with Crippen molar-refractivity contribution in [3.8, 4) is 17.2 Å². The van der Waals surface area contributed by atoms with Gasteiger partial charge in [-0.15, -0.1) is 6.58 Å². The Kier molecular flexibility index (Phi) is 7.29. The van der Waals surface area contributed by atoms with E-state index in [0.29, 0.717) is 29.0 Å². The van der Waals surface area contributed by atoms with Gasteiger partial charge in [0.25, 0.3) is 0 Å². The Morgan fingerprint density at radius 2 is 1.67 bits per heavy atom. The molecule has 0 fully saturated rings. The molecule has 5 heteroatoms. The van der Waals surface area contributed by atoms with Gasteiger partial charge in [-0.25, -0.2) is 0 Å². The Morgan fingerprint density at radius 3 is 2.33 bits per heavy atom. The van der Waals surface area contributed by atoms with E-state index in [2.05, 4.69) is 6.58 Å². The minimum atomic E-state index is 0.498. The second kappa shape index (κ2) is 9.45. The second-order valence-electron chi connectivity index (χ2n) is 5.10. The van der Waals surface area contributed by atoms with Crippen molar-refractivity contribution in [2.45, 2.75) is 12.8 Å². The summed E-state index contributed by atoms with van der Waals surface area (Å²) >= 11 is 11.9. The summed E-state index contributed by atoms with van der Waals surface area (Å²) in [4.78, 5) is 0. The minimum absolute atomic E-state index is 0.498. The lowest BCUT2D eigenvalue weighted by molar-refractivity contribution is 0.240. The predicted molar refractivity (Wildman–Crippen MR) is 99.0 cm³/mol. The summed E-state index contributed by atoms with van der Waals surface area (Å²) in [6.45, 7) is 4.75. The molecule has 0 spiro atoms. The van der Waals surface area contributed by atoms with Crippen molar-refractivity contribution in [3.05, 3.63) is 64.7 Å². The van der Waals surface area contributed by atoms with E-state index in [0.717, 1.165) is 29.9 Å². The van der Waals surface area contributed by atoms with Crippen LogP contribution in [0.1, 0.15) is 12.0 Å². The van der Waals surface area contributed by atoms with Gasteiger partial charge in [0.1, 0.15) is 5.75 Å². The highest BCUT2D eigenvalue weighted by Crippen LogP contribution is 2.29. The zero-order valence-corrected chi connectivity index (χ0v) is 15.1. The molecule has 0 heterocycles. The van der Waals surface area contributed by atoms with Gasteiger partial charge >= 0.3 is 0 Å². The number of ether oxygens (including phenoxy) is 3. The first-order valence-corrected chi connectivity index (χ1v) is 8.38. The molecule has 0 aromatic heterocycles. The van der Waals surface area contributed by atoms with Crippen LogP contribution in [0.2, 0.25) is 10.0 Å². The molecule has 0 radical (unpaired) electrons. The average Bonchev–Trinajstić information content (AvgIpc) is 2.57. The summed E-state index contributed by atoms with van der Waals surface area (Å²) in [6.07, 6.45) is 3.37. The molecule has 2 rings (SSSR count). The first-order chi connectivity index (χ1) is 11.6. The van der Waals surface area contributed by atoms with Gasteiger partial charge in [-0.1, -0.05) is 35.3 Å². The van der Waals surface area contributed by atoms with E-state index in [9.17, 15) is 0 Å². The Morgan fingerprint density at radius 1 is 0.958 bits per heavy atom. The number of rotatable bonds is 9. The first-order valence-electron chi connectivity index (χ1n) is 7.62. The van der Waals surface area contributed by atoms with Crippen LogP contribution >= 0.6 is 23.2 Å². The molecule has 2 aromatic rings. The molecule has 0 amide bonds. The summed E-state index contributed by atoms with van der Waals surface area (Å²) < 4.78 is 16.8. The highest BCUT2D eigenvalue weighted by molar-refractivity contribution is 6.35. The van der Waals surface area contributed by atoms with E-state index in [1.165, 1.54) is 0 Å². The predicted octanol–water partition coefficient (Wildman–Crippen LogP) is 5.58. The van der Waals surface area contributed by atoms with Gasteiger partial charge in [-0.05, 0) is 42.3 Å². The van der Waals surface area contributed by atoms with Crippen LogP contribution in [0.4, 0.5) is 0 Å². The van der Waals surface area contributed by atoms with Crippen LogP contribution in [0.5, 0.6) is 17.2 Å². The number of methoxy groups -OCH3 is 1. The molecule has 0 aliphatic heterocycles. The van der Waals surface area contributed by atoms with E-state index >= 15 is 0 Å². The third-order valence-corrected chi connectivity index (χ3v) is 3.84. The van der Waals surface area contributed by atoms with Crippen LogP contribution in [-0.4, -0.2) is 20.3 Å². The number of hydrogen-bond donors (Lipinski definition) is 0. The number of hydrogen-bond acceptors (Lipinski definition) is 3. The SMILES string of the molecule is C=CCc1ccc(OCCCOc2ccc(Cl)cc2Cl)c(OC)c1. The fourth-order valence-electron chi connectivity index (χ4n) is 2.14. The summed E-state index contributed by atoms with van der Waals surface area (Å²) in [7, 11) is 1.63. The lowest BCUT2D eigenvalue weighted by atomic mass is 10.1. The van der Waals surface area contributed by atoms with E-state index in [1.54, 1.807) is 25.3 Å². The van der Waals surface area contributed by atoms with Crippen molar-refractivity contribution >= 4 is 23.2 Å². The smallest absolute Gasteiger partial charge is 0.161 e. The van der Waals surface area contributed by atoms with Gasteiger partial charge in [-0.2, -0.15) is 0 Å². The van der Waals surface area contributed by atoms with Crippen LogP contribution < -0.4 is 14.2 Å². The third-order valence-electron chi connectivity index (χ3n) is 3.31.